The lowest BCUT2D eigenvalue weighted by Crippen LogP contribution is -1.99. The quantitative estimate of drug-likeness (QED) is 0.762. The summed E-state index contributed by atoms with van der Waals surface area (Å²) in [6.45, 7) is -0.752. The summed E-state index contributed by atoms with van der Waals surface area (Å²) in [5.41, 5.74) is -0.980. The van der Waals surface area contributed by atoms with Gasteiger partial charge in [-0.1, -0.05) is 11.6 Å². The molecule has 0 saturated carbocycles. The highest BCUT2D eigenvalue weighted by atomic mass is 35.5. The third-order valence-electron chi connectivity index (χ3n) is 1.48. The van der Waals surface area contributed by atoms with Gasteiger partial charge in [-0.15, -0.1) is 0 Å². The predicted molar refractivity (Wildman–Crippen MR) is 40.1 cm³/mol. The molecule has 1 rings (SSSR count). The topological polar surface area (TPSA) is 33.1 Å². The molecule has 1 N–H and O–H groups in total. The predicted octanol–water partition coefficient (Wildman–Crippen LogP) is 2.30. The molecule has 6 heteroatoms. The van der Waals surface area contributed by atoms with Crippen LogP contribution >= 0.6 is 11.6 Å². The van der Waals surface area contributed by atoms with Crippen molar-refractivity contribution in [3.8, 4) is 0 Å². The summed E-state index contributed by atoms with van der Waals surface area (Å²) in [6.07, 6.45) is -2.17. The van der Waals surface area contributed by atoms with Crippen molar-refractivity contribution in [3.63, 3.8) is 0 Å². The monoisotopic (exact) mass is 211 g/mol. The van der Waals surface area contributed by atoms with Gasteiger partial charge in [-0.2, -0.15) is 4.39 Å². The average Bonchev–Trinajstić information content (AvgIpc) is 2.04. The maximum atomic E-state index is 12.7. The number of pyridine rings is 1. The number of aliphatic hydroxyl groups is 1. The number of rotatable bonds is 2. The highest BCUT2D eigenvalue weighted by Gasteiger charge is 2.18. The van der Waals surface area contributed by atoms with Crippen LogP contribution in [0.5, 0.6) is 0 Å². The Balaban J connectivity index is 3.27. The Bertz CT molecular complexity index is 319. The maximum Gasteiger partial charge on any atom is 0.266 e. The van der Waals surface area contributed by atoms with Crippen molar-refractivity contribution in [2.24, 2.45) is 0 Å². The fourth-order valence-corrected chi connectivity index (χ4v) is 1.08. The van der Waals surface area contributed by atoms with Crippen LogP contribution in [0.3, 0.4) is 0 Å². The number of halogens is 4. The molecule has 0 aliphatic rings. The highest BCUT2D eigenvalue weighted by molar-refractivity contribution is 6.32. The van der Waals surface area contributed by atoms with Crippen molar-refractivity contribution >= 4 is 11.6 Å². The summed E-state index contributed by atoms with van der Waals surface area (Å²) in [7, 11) is 0. The fourth-order valence-electron chi connectivity index (χ4n) is 0.812. The second-order valence-corrected chi connectivity index (χ2v) is 2.63. The van der Waals surface area contributed by atoms with E-state index in [1.807, 2.05) is 0 Å². The Morgan fingerprint density at radius 2 is 2.15 bits per heavy atom. The van der Waals surface area contributed by atoms with Crippen LogP contribution in [-0.2, 0) is 6.61 Å². The largest absolute Gasteiger partial charge is 0.391 e. The Morgan fingerprint density at radius 1 is 1.54 bits per heavy atom. The summed E-state index contributed by atoms with van der Waals surface area (Å²) in [5.74, 6) is -1.03. The maximum absolute atomic E-state index is 12.7. The van der Waals surface area contributed by atoms with E-state index in [9.17, 15) is 13.2 Å². The van der Waals surface area contributed by atoms with E-state index < -0.39 is 35.1 Å². The SMILES string of the molecule is OCc1c(F)ncc(C(F)F)c1Cl. The summed E-state index contributed by atoms with van der Waals surface area (Å²) in [4.78, 5) is 3.04. The summed E-state index contributed by atoms with van der Waals surface area (Å²) in [6, 6.07) is 0. The van der Waals surface area contributed by atoms with E-state index in [2.05, 4.69) is 4.98 Å². The molecule has 13 heavy (non-hydrogen) atoms. The van der Waals surface area contributed by atoms with Gasteiger partial charge in [0.2, 0.25) is 5.95 Å². The Hall–Kier alpha value is -0.810. The Labute approximate surface area is 77.0 Å². The average molecular weight is 212 g/mol. The van der Waals surface area contributed by atoms with Crippen molar-refractivity contribution in [1.82, 2.24) is 4.98 Å². The molecule has 0 aromatic carbocycles. The molecule has 0 unspecified atom stereocenters. The van der Waals surface area contributed by atoms with Crippen LogP contribution in [-0.4, -0.2) is 10.1 Å². The molecule has 72 valence electrons. The van der Waals surface area contributed by atoms with Crippen LogP contribution in [0, 0.1) is 5.95 Å². The van der Waals surface area contributed by atoms with Crippen LogP contribution in [0.1, 0.15) is 17.6 Å². The number of hydrogen-bond donors (Lipinski definition) is 1. The number of aliphatic hydroxyl groups excluding tert-OH is 1. The van der Waals surface area contributed by atoms with E-state index >= 15 is 0 Å². The van der Waals surface area contributed by atoms with E-state index in [1.165, 1.54) is 0 Å². The number of nitrogens with zero attached hydrogens (tertiary/aromatic N) is 1. The molecule has 0 bridgehead atoms. The molecule has 0 spiro atoms. The van der Waals surface area contributed by atoms with Crippen molar-refractivity contribution in [1.29, 1.82) is 0 Å². The van der Waals surface area contributed by atoms with E-state index in [-0.39, 0.29) is 0 Å². The molecular weight excluding hydrogens is 207 g/mol. The molecule has 0 atom stereocenters. The molecule has 0 fully saturated rings. The van der Waals surface area contributed by atoms with Gasteiger partial charge in [0.15, 0.2) is 0 Å². The van der Waals surface area contributed by atoms with E-state index in [0.29, 0.717) is 6.20 Å². The van der Waals surface area contributed by atoms with Crippen molar-refractivity contribution in [2.45, 2.75) is 13.0 Å². The van der Waals surface area contributed by atoms with Crippen molar-refractivity contribution < 1.29 is 18.3 Å². The smallest absolute Gasteiger partial charge is 0.266 e. The Kier molecular flexibility index (Phi) is 3.11. The molecule has 0 aliphatic carbocycles. The van der Waals surface area contributed by atoms with Crippen molar-refractivity contribution in [3.05, 3.63) is 28.3 Å². The fraction of sp³-hybridized carbons (Fsp3) is 0.286. The first-order valence-electron chi connectivity index (χ1n) is 3.29. The number of hydrogen-bond acceptors (Lipinski definition) is 2. The minimum Gasteiger partial charge on any atom is -0.391 e. The molecule has 1 heterocycles. The van der Waals surface area contributed by atoms with Gasteiger partial charge >= 0.3 is 0 Å². The molecule has 0 radical (unpaired) electrons. The summed E-state index contributed by atoms with van der Waals surface area (Å²) in [5, 5.41) is 8.13. The van der Waals surface area contributed by atoms with Crippen molar-refractivity contribution in [2.75, 3.05) is 0 Å². The second kappa shape index (κ2) is 3.93. The zero-order chi connectivity index (χ0) is 10.0. The van der Waals surface area contributed by atoms with Gasteiger partial charge in [0.25, 0.3) is 6.43 Å². The zero-order valence-corrected chi connectivity index (χ0v) is 7.02. The van der Waals surface area contributed by atoms with Crippen LogP contribution in [0.4, 0.5) is 13.2 Å². The molecule has 1 aromatic rings. The Morgan fingerprint density at radius 3 is 2.62 bits per heavy atom. The molecule has 0 amide bonds. The summed E-state index contributed by atoms with van der Waals surface area (Å²) < 4.78 is 37.0. The van der Waals surface area contributed by atoms with Crippen LogP contribution < -0.4 is 0 Å². The second-order valence-electron chi connectivity index (χ2n) is 2.26. The third kappa shape index (κ3) is 1.92. The van der Waals surface area contributed by atoms with Gasteiger partial charge < -0.3 is 5.11 Å². The van der Waals surface area contributed by atoms with Crippen LogP contribution in [0.15, 0.2) is 6.20 Å². The molecule has 0 aliphatic heterocycles. The van der Waals surface area contributed by atoms with Gasteiger partial charge in [-0.3, -0.25) is 0 Å². The lowest BCUT2D eigenvalue weighted by Gasteiger charge is -2.06. The number of alkyl halides is 2. The van der Waals surface area contributed by atoms with Gasteiger partial charge in [0.1, 0.15) is 0 Å². The minimum atomic E-state index is -2.83. The van der Waals surface area contributed by atoms with Crippen LogP contribution in [0.25, 0.3) is 0 Å². The first-order valence-corrected chi connectivity index (χ1v) is 3.67. The first-order chi connectivity index (χ1) is 6.07. The third-order valence-corrected chi connectivity index (χ3v) is 1.92. The van der Waals surface area contributed by atoms with Gasteiger partial charge in [0, 0.05) is 6.20 Å². The number of aromatic nitrogens is 1. The summed E-state index contributed by atoms with van der Waals surface area (Å²) >= 11 is 5.39. The van der Waals surface area contributed by atoms with Gasteiger partial charge in [-0.25, -0.2) is 13.8 Å². The highest BCUT2D eigenvalue weighted by Crippen LogP contribution is 2.29. The lowest BCUT2D eigenvalue weighted by atomic mass is 10.2. The van der Waals surface area contributed by atoms with Crippen LogP contribution in [0.2, 0.25) is 5.02 Å². The normalized spacial score (nSPS) is 10.9. The molecular formula is C7H5ClF3NO. The van der Waals surface area contributed by atoms with Gasteiger partial charge in [-0.05, 0) is 0 Å². The van der Waals surface area contributed by atoms with E-state index in [0.717, 1.165) is 0 Å². The van der Waals surface area contributed by atoms with Gasteiger partial charge in [0.05, 0.1) is 22.8 Å². The molecule has 1 aromatic heterocycles. The zero-order valence-electron chi connectivity index (χ0n) is 6.27. The van der Waals surface area contributed by atoms with E-state index in [4.69, 9.17) is 16.7 Å². The van der Waals surface area contributed by atoms with E-state index in [1.54, 1.807) is 0 Å². The standard InChI is InChI=1S/C7H5ClF3NO/c8-5-3(6(9)10)1-12-7(11)4(5)2-13/h1,6,13H,2H2. The molecule has 0 saturated heterocycles. The lowest BCUT2D eigenvalue weighted by molar-refractivity contribution is 0.150. The molecule has 2 nitrogen and oxygen atoms in total. The minimum absolute atomic E-state index is 0.403. The first kappa shape index (κ1) is 10.3.